The Kier molecular flexibility index (Phi) is 4.09. The predicted octanol–water partition coefficient (Wildman–Crippen LogP) is 1.02. The maximum Gasteiger partial charge on any atom is 0.275 e. The van der Waals surface area contributed by atoms with Crippen LogP contribution in [0.15, 0.2) is 29.1 Å². The highest BCUT2D eigenvalue weighted by atomic mass is 16.5. The van der Waals surface area contributed by atoms with E-state index >= 15 is 0 Å². The van der Waals surface area contributed by atoms with E-state index in [-0.39, 0.29) is 17.9 Å². The maximum atomic E-state index is 12.0. The van der Waals surface area contributed by atoms with E-state index in [1.54, 1.807) is 18.2 Å². The average Bonchev–Trinajstić information content (AvgIpc) is 2.49. The molecule has 0 saturated heterocycles. The van der Waals surface area contributed by atoms with Crippen molar-refractivity contribution >= 4 is 0 Å². The van der Waals surface area contributed by atoms with Crippen LogP contribution in [0.2, 0.25) is 0 Å². The Morgan fingerprint density at radius 3 is 2.71 bits per heavy atom. The number of aromatic hydroxyl groups is 1. The lowest BCUT2D eigenvalue weighted by atomic mass is 10.2. The van der Waals surface area contributed by atoms with Crippen molar-refractivity contribution < 1.29 is 14.6 Å². The van der Waals surface area contributed by atoms with Gasteiger partial charge in [0.25, 0.3) is 5.56 Å². The van der Waals surface area contributed by atoms with E-state index in [0.717, 1.165) is 10.7 Å². The molecule has 0 spiro atoms. The number of nitrogens with zero attached hydrogens (tertiary/aromatic N) is 3. The van der Waals surface area contributed by atoms with Gasteiger partial charge in [-0.15, -0.1) is 0 Å². The highest BCUT2D eigenvalue weighted by molar-refractivity contribution is 5.50. The summed E-state index contributed by atoms with van der Waals surface area (Å²) >= 11 is 0. The van der Waals surface area contributed by atoms with Gasteiger partial charge in [0.05, 0.1) is 26.7 Å². The van der Waals surface area contributed by atoms with Crippen molar-refractivity contribution in [3.05, 3.63) is 40.3 Å². The minimum absolute atomic E-state index is 0.107. The normalized spacial score (nSPS) is 9.95. The largest absolute Gasteiger partial charge is 0.506 e. The van der Waals surface area contributed by atoms with E-state index in [1.807, 2.05) is 6.07 Å². The molecule has 0 aliphatic carbocycles. The van der Waals surface area contributed by atoms with Crippen molar-refractivity contribution in [2.45, 2.75) is 6.42 Å². The summed E-state index contributed by atoms with van der Waals surface area (Å²) in [6.45, 7) is 0. The molecule has 2 aromatic rings. The molecule has 0 unspecified atom stereocenters. The maximum absolute atomic E-state index is 12.0. The fourth-order valence-corrected chi connectivity index (χ4v) is 1.82. The monoisotopic (exact) mass is 287 g/mol. The highest BCUT2D eigenvalue weighted by Crippen LogP contribution is 2.27. The van der Waals surface area contributed by atoms with E-state index in [4.69, 9.17) is 14.7 Å². The van der Waals surface area contributed by atoms with Gasteiger partial charge >= 0.3 is 0 Å². The molecule has 1 aromatic heterocycles. The van der Waals surface area contributed by atoms with Gasteiger partial charge < -0.3 is 14.6 Å². The van der Waals surface area contributed by atoms with E-state index in [9.17, 15) is 9.90 Å². The zero-order valence-corrected chi connectivity index (χ0v) is 11.5. The molecule has 0 bridgehead atoms. The minimum atomic E-state index is -0.530. The van der Waals surface area contributed by atoms with Crippen LogP contribution in [-0.4, -0.2) is 29.1 Å². The molecule has 7 nitrogen and oxygen atoms in total. The molecule has 0 radical (unpaired) electrons. The van der Waals surface area contributed by atoms with Gasteiger partial charge in [0.2, 0.25) is 0 Å². The Morgan fingerprint density at radius 2 is 2.10 bits per heavy atom. The number of aromatic nitrogens is 2. The van der Waals surface area contributed by atoms with Gasteiger partial charge in [-0.2, -0.15) is 15.0 Å². The van der Waals surface area contributed by atoms with Crippen LogP contribution in [0.4, 0.5) is 0 Å². The van der Waals surface area contributed by atoms with Crippen LogP contribution in [0.3, 0.4) is 0 Å². The van der Waals surface area contributed by atoms with Gasteiger partial charge in [-0.3, -0.25) is 4.79 Å². The van der Waals surface area contributed by atoms with E-state index < -0.39 is 5.56 Å². The summed E-state index contributed by atoms with van der Waals surface area (Å²) in [5.41, 5.74) is -0.0184. The number of hydrogen-bond acceptors (Lipinski definition) is 6. The van der Waals surface area contributed by atoms with Crippen molar-refractivity contribution in [1.82, 2.24) is 9.78 Å². The summed E-state index contributed by atoms with van der Waals surface area (Å²) in [7, 11) is 2.98. The Hall–Kier alpha value is -3.01. The second-order valence-corrected chi connectivity index (χ2v) is 4.10. The topological polar surface area (TPSA) is 97.4 Å². The van der Waals surface area contributed by atoms with Crippen LogP contribution in [0.5, 0.6) is 17.2 Å². The van der Waals surface area contributed by atoms with Crippen molar-refractivity contribution in [3.8, 4) is 29.0 Å². The standard InChI is InChI=1S/C14H13N3O4/c1-20-9-3-4-11(13(7-9)21-2)17-14(19)8-12(18)10(16-17)5-6-15/h3-4,7-8,18H,5H2,1-2H3. The number of rotatable bonds is 4. The van der Waals surface area contributed by atoms with Gasteiger partial charge in [0, 0.05) is 12.1 Å². The minimum Gasteiger partial charge on any atom is -0.506 e. The Bertz CT molecular complexity index is 762. The molecule has 0 fully saturated rings. The lowest BCUT2D eigenvalue weighted by molar-refractivity contribution is 0.391. The van der Waals surface area contributed by atoms with Crippen LogP contribution in [-0.2, 0) is 6.42 Å². The molecule has 0 saturated carbocycles. The number of methoxy groups -OCH3 is 2. The number of nitriles is 1. The average molecular weight is 287 g/mol. The summed E-state index contributed by atoms with van der Waals surface area (Å²) in [5.74, 6) is 0.655. The van der Waals surface area contributed by atoms with Crippen molar-refractivity contribution in [2.24, 2.45) is 0 Å². The summed E-state index contributed by atoms with van der Waals surface area (Å²) in [6.07, 6.45) is -0.107. The third-order valence-corrected chi connectivity index (χ3v) is 2.85. The zero-order chi connectivity index (χ0) is 15.4. The smallest absolute Gasteiger partial charge is 0.275 e. The van der Waals surface area contributed by atoms with Gasteiger partial charge in [-0.1, -0.05) is 0 Å². The Balaban J connectivity index is 2.64. The van der Waals surface area contributed by atoms with Crippen LogP contribution in [0, 0.1) is 11.3 Å². The molecule has 2 rings (SSSR count). The van der Waals surface area contributed by atoms with Gasteiger partial charge in [0.15, 0.2) is 0 Å². The van der Waals surface area contributed by atoms with E-state index in [1.165, 1.54) is 14.2 Å². The third kappa shape index (κ3) is 2.79. The van der Waals surface area contributed by atoms with Crippen molar-refractivity contribution in [2.75, 3.05) is 14.2 Å². The first-order chi connectivity index (χ1) is 10.1. The molecule has 7 heteroatoms. The van der Waals surface area contributed by atoms with Crippen LogP contribution in [0.1, 0.15) is 5.69 Å². The lowest BCUT2D eigenvalue weighted by Crippen LogP contribution is -2.22. The second kappa shape index (κ2) is 5.96. The summed E-state index contributed by atoms with van der Waals surface area (Å²) in [6, 6.07) is 7.78. The quantitative estimate of drug-likeness (QED) is 0.901. The second-order valence-electron chi connectivity index (χ2n) is 4.10. The molecule has 1 aromatic carbocycles. The first kappa shape index (κ1) is 14.4. The molecule has 0 aliphatic rings. The molecule has 1 heterocycles. The molecular formula is C14H13N3O4. The first-order valence-corrected chi connectivity index (χ1v) is 6.02. The van der Waals surface area contributed by atoms with Gasteiger partial charge in [-0.05, 0) is 12.1 Å². The number of benzene rings is 1. The molecule has 0 atom stereocenters. The molecule has 108 valence electrons. The summed E-state index contributed by atoms with van der Waals surface area (Å²) in [5, 5.41) is 22.3. The summed E-state index contributed by atoms with van der Waals surface area (Å²) < 4.78 is 11.4. The molecule has 0 amide bonds. The number of hydrogen-bond donors (Lipinski definition) is 1. The fourth-order valence-electron chi connectivity index (χ4n) is 1.82. The van der Waals surface area contributed by atoms with E-state index in [0.29, 0.717) is 17.2 Å². The lowest BCUT2D eigenvalue weighted by Gasteiger charge is -2.12. The van der Waals surface area contributed by atoms with Crippen LogP contribution in [0.25, 0.3) is 5.69 Å². The molecule has 21 heavy (non-hydrogen) atoms. The third-order valence-electron chi connectivity index (χ3n) is 2.85. The molecular weight excluding hydrogens is 274 g/mol. The highest BCUT2D eigenvalue weighted by Gasteiger charge is 2.13. The Labute approximate surface area is 120 Å². The summed E-state index contributed by atoms with van der Waals surface area (Å²) in [4.78, 5) is 12.0. The van der Waals surface area contributed by atoms with E-state index in [2.05, 4.69) is 5.10 Å². The van der Waals surface area contributed by atoms with Gasteiger partial charge in [0.1, 0.15) is 28.6 Å². The zero-order valence-electron chi connectivity index (χ0n) is 11.5. The first-order valence-electron chi connectivity index (χ1n) is 6.02. The Morgan fingerprint density at radius 1 is 1.33 bits per heavy atom. The number of ether oxygens (including phenoxy) is 2. The molecule has 1 N–H and O–H groups in total. The van der Waals surface area contributed by atoms with Crippen LogP contribution < -0.4 is 15.0 Å². The van der Waals surface area contributed by atoms with Crippen molar-refractivity contribution in [3.63, 3.8) is 0 Å². The fraction of sp³-hybridized carbons (Fsp3) is 0.214. The molecule has 0 aliphatic heterocycles. The predicted molar refractivity (Wildman–Crippen MR) is 73.9 cm³/mol. The SMILES string of the molecule is COc1ccc(-n2nc(CC#N)c(O)cc2=O)c(OC)c1. The van der Waals surface area contributed by atoms with Crippen molar-refractivity contribution in [1.29, 1.82) is 5.26 Å². The van der Waals surface area contributed by atoms with Gasteiger partial charge in [-0.25, -0.2) is 0 Å². The van der Waals surface area contributed by atoms with Crippen LogP contribution >= 0.6 is 0 Å².